The van der Waals surface area contributed by atoms with Gasteiger partial charge < -0.3 is 10.2 Å². The first-order valence-electron chi connectivity index (χ1n) is 12.9. The number of anilines is 1. The number of fused-ring (bicyclic) bond motifs is 1. The zero-order valence-corrected chi connectivity index (χ0v) is 22.6. The van der Waals surface area contributed by atoms with Crippen LogP contribution in [0.25, 0.3) is 11.0 Å². The summed E-state index contributed by atoms with van der Waals surface area (Å²) in [4.78, 5) is 38.1. The van der Waals surface area contributed by atoms with Crippen molar-refractivity contribution in [1.82, 2.24) is 24.3 Å². The second kappa shape index (κ2) is 10.8. The molecular weight excluding hydrogens is 464 g/mol. The number of nitrogens with one attached hydrogen (secondary N) is 1. The first-order valence-corrected chi connectivity index (χ1v) is 12.9. The van der Waals surface area contributed by atoms with E-state index in [1.165, 1.54) is 5.56 Å². The molecule has 1 saturated heterocycles. The van der Waals surface area contributed by atoms with Crippen molar-refractivity contribution in [3.05, 3.63) is 76.2 Å². The van der Waals surface area contributed by atoms with Crippen molar-refractivity contribution in [2.75, 3.05) is 31.5 Å². The number of nitrogens with zero attached hydrogens (tertiary/aromatic N) is 5. The molecule has 3 heterocycles. The molecule has 1 atom stereocenters. The van der Waals surface area contributed by atoms with E-state index >= 15 is 0 Å². The molecule has 1 amide bonds. The van der Waals surface area contributed by atoms with Crippen molar-refractivity contribution in [2.24, 2.45) is 5.41 Å². The Morgan fingerprint density at radius 1 is 1.08 bits per heavy atom. The zero-order chi connectivity index (χ0) is 26.7. The highest BCUT2D eigenvalue weighted by Crippen LogP contribution is 2.22. The molecule has 1 aliphatic heterocycles. The van der Waals surface area contributed by atoms with Crippen LogP contribution in [0.2, 0.25) is 0 Å². The van der Waals surface area contributed by atoms with Crippen LogP contribution < -0.4 is 10.9 Å². The molecule has 1 fully saturated rings. The molecule has 196 valence electrons. The molecule has 1 aromatic carbocycles. The maximum atomic E-state index is 12.6. The highest BCUT2D eigenvalue weighted by atomic mass is 16.2. The smallest absolute Gasteiger partial charge is 0.252 e. The Morgan fingerprint density at radius 2 is 1.76 bits per heavy atom. The van der Waals surface area contributed by atoms with Crippen LogP contribution in [0.4, 0.5) is 5.95 Å². The van der Waals surface area contributed by atoms with E-state index in [0.29, 0.717) is 23.7 Å². The van der Waals surface area contributed by atoms with Crippen LogP contribution in [0, 0.1) is 5.41 Å². The fourth-order valence-corrected chi connectivity index (χ4v) is 4.59. The molecule has 0 radical (unpaired) electrons. The summed E-state index contributed by atoms with van der Waals surface area (Å²) >= 11 is 0. The van der Waals surface area contributed by atoms with Gasteiger partial charge in [-0.1, -0.05) is 51.6 Å². The first-order chi connectivity index (χ1) is 17.5. The summed E-state index contributed by atoms with van der Waals surface area (Å²) in [6.45, 7) is 18.6. The maximum Gasteiger partial charge on any atom is 0.252 e. The Kier molecular flexibility index (Phi) is 7.78. The largest absolute Gasteiger partial charge is 0.348 e. The van der Waals surface area contributed by atoms with E-state index in [-0.39, 0.29) is 22.9 Å². The van der Waals surface area contributed by atoms with Crippen molar-refractivity contribution in [1.29, 1.82) is 0 Å². The average molecular weight is 503 g/mol. The molecular formula is C29H38N6O2. The molecule has 1 aliphatic rings. The summed E-state index contributed by atoms with van der Waals surface area (Å²) in [6, 6.07) is 11.9. The SMILES string of the molecule is C=C(C)C(=O)N1CCN(Cc2ccc([C@H](C)Nc3ncc4ccc(=O)n(CC(C)(C)C)c4n3)cc2)CC1. The number of benzene rings is 1. The van der Waals surface area contributed by atoms with Gasteiger partial charge in [-0.15, -0.1) is 0 Å². The lowest BCUT2D eigenvalue weighted by atomic mass is 9.97. The number of piperazine rings is 1. The minimum absolute atomic E-state index is 0.00491. The molecule has 8 nitrogen and oxygen atoms in total. The molecule has 0 bridgehead atoms. The second-order valence-corrected chi connectivity index (χ2v) is 11.2. The van der Waals surface area contributed by atoms with Crippen molar-refractivity contribution in [3.63, 3.8) is 0 Å². The molecule has 3 aromatic rings. The highest BCUT2D eigenvalue weighted by Gasteiger charge is 2.21. The molecule has 8 heteroatoms. The minimum atomic E-state index is -0.0560. The van der Waals surface area contributed by atoms with Gasteiger partial charge in [-0.25, -0.2) is 4.98 Å². The van der Waals surface area contributed by atoms with Crippen molar-refractivity contribution >= 4 is 22.9 Å². The number of pyridine rings is 1. The fourth-order valence-electron chi connectivity index (χ4n) is 4.59. The van der Waals surface area contributed by atoms with Gasteiger partial charge in [0.05, 0.1) is 6.04 Å². The topological polar surface area (TPSA) is 83.4 Å². The van der Waals surface area contributed by atoms with Crippen LogP contribution in [-0.2, 0) is 17.9 Å². The van der Waals surface area contributed by atoms with Gasteiger partial charge in [0, 0.05) is 62.5 Å². The number of carbonyl (C=O) groups excluding carboxylic acids is 1. The summed E-state index contributed by atoms with van der Waals surface area (Å²) in [7, 11) is 0. The lowest BCUT2D eigenvalue weighted by molar-refractivity contribution is -0.128. The van der Waals surface area contributed by atoms with Crippen LogP contribution >= 0.6 is 0 Å². The predicted octanol–water partition coefficient (Wildman–Crippen LogP) is 4.23. The molecule has 0 spiro atoms. The van der Waals surface area contributed by atoms with E-state index < -0.39 is 0 Å². The molecule has 0 unspecified atom stereocenters. The second-order valence-electron chi connectivity index (χ2n) is 11.2. The predicted molar refractivity (Wildman–Crippen MR) is 148 cm³/mol. The van der Waals surface area contributed by atoms with Gasteiger partial charge in [0.2, 0.25) is 11.9 Å². The molecule has 37 heavy (non-hydrogen) atoms. The van der Waals surface area contributed by atoms with E-state index in [9.17, 15) is 9.59 Å². The van der Waals surface area contributed by atoms with Gasteiger partial charge in [-0.3, -0.25) is 19.1 Å². The van der Waals surface area contributed by atoms with Crippen LogP contribution in [0.15, 0.2) is 59.5 Å². The lowest BCUT2D eigenvalue weighted by Gasteiger charge is -2.34. The summed E-state index contributed by atoms with van der Waals surface area (Å²) in [5, 5.41) is 4.24. The molecule has 0 saturated carbocycles. The van der Waals surface area contributed by atoms with E-state index in [1.807, 2.05) is 4.90 Å². The van der Waals surface area contributed by atoms with E-state index in [2.05, 4.69) is 73.7 Å². The number of hydrogen-bond acceptors (Lipinski definition) is 6. The van der Waals surface area contributed by atoms with Crippen LogP contribution in [0.1, 0.15) is 51.8 Å². The van der Waals surface area contributed by atoms with Crippen molar-refractivity contribution < 1.29 is 4.79 Å². The van der Waals surface area contributed by atoms with E-state index in [1.54, 1.807) is 29.8 Å². The fraction of sp³-hybridized carbons (Fsp3) is 0.448. The Morgan fingerprint density at radius 3 is 2.38 bits per heavy atom. The highest BCUT2D eigenvalue weighted by molar-refractivity contribution is 5.92. The van der Waals surface area contributed by atoms with Crippen molar-refractivity contribution in [3.8, 4) is 0 Å². The number of amides is 1. The first kappa shape index (κ1) is 26.5. The third kappa shape index (κ3) is 6.63. The lowest BCUT2D eigenvalue weighted by Crippen LogP contribution is -2.48. The average Bonchev–Trinajstić information content (AvgIpc) is 2.85. The van der Waals surface area contributed by atoms with E-state index in [0.717, 1.165) is 43.7 Å². The summed E-state index contributed by atoms with van der Waals surface area (Å²) < 4.78 is 1.73. The molecule has 1 N–H and O–H groups in total. The van der Waals surface area contributed by atoms with Gasteiger partial charge in [-0.2, -0.15) is 4.98 Å². The minimum Gasteiger partial charge on any atom is -0.348 e. The molecule has 2 aromatic heterocycles. The number of carbonyl (C=O) groups is 1. The maximum absolute atomic E-state index is 12.6. The Labute approximate surface area is 219 Å². The van der Waals surface area contributed by atoms with Gasteiger partial charge in [0.15, 0.2) is 0 Å². The van der Waals surface area contributed by atoms with Gasteiger partial charge in [0.25, 0.3) is 5.56 Å². The van der Waals surface area contributed by atoms with Gasteiger partial charge in [-0.05, 0) is 36.5 Å². The third-order valence-corrected chi connectivity index (χ3v) is 6.61. The van der Waals surface area contributed by atoms with Gasteiger partial charge >= 0.3 is 0 Å². The number of hydrogen-bond donors (Lipinski definition) is 1. The van der Waals surface area contributed by atoms with Crippen LogP contribution in [0.5, 0.6) is 0 Å². The Bertz CT molecular complexity index is 1330. The standard InChI is InChI=1S/C29H38N6O2/c1-20(2)27(37)34-15-13-33(14-16-34)18-22-7-9-23(10-8-22)21(3)31-28-30-17-24-11-12-25(36)35(26(24)32-28)19-29(4,5)6/h7-12,17,21H,1,13-16,18-19H2,2-6H3,(H,30,31,32)/t21-/m0/s1. The van der Waals surface area contributed by atoms with E-state index in [4.69, 9.17) is 4.98 Å². The number of rotatable bonds is 7. The summed E-state index contributed by atoms with van der Waals surface area (Å²) in [6.07, 6.45) is 1.77. The Balaban J connectivity index is 1.40. The zero-order valence-electron chi connectivity index (χ0n) is 22.6. The third-order valence-electron chi connectivity index (χ3n) is 6.61. The molecule has 0 aliphatic carbocycles. The van der Waals surface area contributed by atoms with Crippen molar-refractivity contribution in [2.45, 2.75) is 53.8 Å². The number of aromatic nitrogens is 3. The monoisotopic (exact) mass is 502 g/mol. The normalized spacial score (nSPS) is 15.5. The molecule has 4 rings (SSSR count). The quantitative estimate of drug-likeness (QED) is 0.487. The summed E-state index contributed by atoms with van der Waals surface area (Å²) in [5.41, 5.74) is 3.50. The van der Waals surface area contributed by atoms with Crippen LogP contribution in [0.3, 0.4) is 0 Å². The summed E-state index contributed by atoms with van der Waals surface area (Å²) in [5.74, 6) is 0.554. The Hall–Kier alpha value is -3.52. The van der Waals surface area contributed by atoms with Crippen LogP contribution in [-0.4, -0.2) is 56.4 Å². The van der Waals surface area contributed by atoms with Gasteiger partial charge in [0.1, 0.15) is 5.65 Å².